The van der Waals surface area contributed by atoms with Crippen molar-refractivity contribution in [2.75, 3.05) is 13.2 Å². The lowest BCUT2D eigenvalue weighted by Crippen LogP contribution is -2.56. The number of aliphatic hydroxyl groups is 4. The smallest absolute Gasteiger partial charge is 0.194 e. The lowest BCUT2D eigenvalue weighted by Gasteiger charge is -2.48. The van der Waals surface area contributed by atoms with Crippen molar-refractivity contribution < 1.29 is 43.1 Å². The zero-order chi connectivity index (χ0) is 30.4. The van der Waals surface area contributed by atoms with Crippen LogP contribution in [0.2, 0.25) is 0 Å². The van der Waals surface area contributed by atoms with E-state index in [9.17, 15) is 33.6 Å². The summed E-state index contributed by atoms with van der Waals surface area (Å²) in [5.41, 5.74) is -1.27. The summed E-state index contributed by atoms with van der Waals surface area (Å²) in [7, 11) is 0. The maximum absolute atomic E-state index is 13.9. The molecule has 13 heteroatoms. The fourth-order valence-corrected chi connectivity index (χ4v) is 7.52. The number of hydrogen-bond acceptors (Lipinski definition) is 9. The lowest BCUT2D eigenvalue weighted by atomic mass is 9.79. The van der Waals surface area contributed by atoms with Crippen LogP contribution in [0.4, 0.5) is 13.2 Å². The van der Waals surface area contributed by atoms with Gasteiger partial charge in [-0.05, 0) is 44.0 Å². The number of aromatic nitrogens is 3. The average Bonchev–Trinajstić information content (AvgIpc) is 3.41. The lowest BCUT2D eigenvalue weighted by molar-refractivity contribution is -0.179. The Balaban J connectivity index is 1.49. The van der Waals surface area contributed by atoms with Gasteiger partial charge in [-0.15, -0.1) is 16.9 Å². The third kappa shape index (κ3) is 5.96. The monoisotopic (exact) mass is 609 g/mol. The van der Waals surface area contributed by atoms with E-state index in [1.807, 2.05) is 45.0 Å². The fraction of sp³-hybridized carbons (Fsp3) is 0.517. The van der Waals surface area contributed by atoms with Crippen LogP contribution in [0.25, 0.3) is 11.3 Å². The van der Waals surface area contributed by atoms with E-state index in [2.05, 4.69) is 10.3 Å². The molecule has 2 aliphatic heterocycles. The highest BCUT2D eigenvalue weighted by Gasteiger charge is 2.51. The van der Waals surface area contributed by atoms with Gasteiger partial charge < -0.3 is 29.9 Å². The molecule has 0 amide bonds. The summed E-state index contributed by atoms with van der Waals surface area (Å²) in [6.07, 6.45) is -2.10. The van der Waals surface area contributed by atoms with Gasteiger partial charge in [-0.25, -0.2) is 17.9 Å². The molecule has 3 aromatic rings. The molecule has 9 nitrogen and oxygen atoms in total. The largest absolute Gasteiger partial charge is 0.394 e. The standard InChI is InChI=1S/C29H34F3N3O6S/c1-15-6-4-5-7-17(15)26(29(39)8-9-40-28(2,3)14-29)42-27-25(38)23(24(37)21(13-36)41-27)35-12-20(33-34-35)16-10-18(30)22(32)19(31)11-16/h4-7,10-12,21,23-27,36-39H,8-9,13-14H2,1-3H3/t21-,23+,24+,25-,26-,27+,29-/m1/s1. The molecule has 3 heterocycles. The van der Waals surface area contributed by atoms with Crippen LogP contribution in [-0.2, 0) is 9.47 Å². The Hall–Kier alpha value is -2.52. The van der Waals surface area contributed by atoms with Crippen molar-refractivity contribution in [3.05, 3.63) is 71.2 Å². The van der Waals surface area contributed by atoms with Gasteiger partial charge >= 0.3 is 0 Å². The van der Waals surface area contributed by atoms with Crippen LogP contribution in [0.1, 0.15) is 49.1 Å². The molecular formula is C29H34F3N3O6S. The molecule has 7 atom stereocenters. The molecule has 0 unspecified atom stereocenters. The van der Waals surface area contributed by atoms with E-state index in [1.165, 1.54) is 18.0 Å². The summed E-state index contributed by atoms with van der Waals surface area (Å²) in [6.45, 7) is 5.47. The van der Waals surface area contributed by atoms with Crippen molar-refractivity contribution in [2.45, 2.75) is 79.9 Å². The number of aliphatic hydroxyl groups excluding tert-OH is 3. The fourth-order valence-electron chi connectivity index (χ4n) is 5.86. The summed E-state index contributed by atoms with van der Waals surface area (Å²) in [4.78, 5) is 0. The van der Waals surface area contributed by atoms with Crippen molar-refractivity contribution in [3.63, 3.8) is 0 Å². The number of halogens is 3. The van der Waals surface area contributed by atoms with Gasteiger partial charge in [-0.1, -0.05) is 29.5 Å². The van der Waals surface area contributed by atoms with Crippen LogP contribution < -0.4 is 0 Å². The summed E-state index contributed by atoms with van der Waals surface area (Å²) < 4.78 is 54.2. The van der Waals surface area contributed by atoms with Gasteiger partial charge in [0.2, 0.25) is 0 Å². The molecule has 2 aliphatic rings. The second-order valence-electron chi connectivity index (χ2n) is 11.5. The van der Waals surface area contributed by atoms with Gasteiger partial charge in [-0.2, -0.15) is 0 Å². The van der Waals surface area contributed by atoms with Gasteiger partial charge in [-0.3, -0.25) is 0 Å². The molecule has 0 spiro atoms. The van der Waals surface area contributed by atoms with Crippen molar-refractivity contribution >= 4 is 11.8 Å². The zero-order valence-electron chi connectivity index (χ0n) is 23.3. The highest BCUT2D eigenvalue weighted by atomic mass is 32.2. The molecule has 4 N–H and O–H groups in total. The predicted molar refractivity (Wildman–Crippen MR) is 148 cm³/mol. The molecule has 42 heavy (non-hydrogen) atoms. The molecule has 0 radical (unpaired) electrons. The molecule has 0 bridgehead atoms. The van der Waals surface area contributed by atoms with Gasteiger partial charge in [0.05, 0.1) is 35.9 Å². The van der Waals surface area contributed by atoms with E-state index in [1.54, 1.807) is 0 Å². The third-order valence-electron chi connectivity index (χ3n) is 7.93. The molecule has 0 saturated carbocycles. The average molecular weight is 610 g/mol. The Kier molecular flexibility index (Phi) is 8.74. The van der Waals surface area contributed by atoms with E-state index in [4.69, 9.17) is 9.47 Å². The minimum Gasteiger partial charge on any atom is -0.394 e. The first kappa shape index (κ1) is 30.9. The SMILES string of the molecule is Cc1ccccc1[C@@H](S[C@@H]1O[C@H](CO)[C@H](O)[C@H](n2cc(-c3cc(F)c(F)c(F)c3)nn2)[C@H]1O)[C@@]1(O)CCOC(C)(C)C1. The molecule has 2 aromatic carbocycles. The molecule has 0 aliphatic carbocycles. The Morgan fingerprint density at radius 1 is 1.12 bits per heavy atom. The Bertz CT molecular complexity index is 1400. The van der Waals surface area contributed by atoms with E-state index >= 15 is 0 Å². The summed E-state index contributed by atoms with van der Waals surface area (Å²) in [6, 6.07) is 7.92. The summed E-state index contributed by atoms with van der Waals surface area (Å²) >= 11 is 1.17. The number of aryl methyl sites for hydroxylation is 1. The normalized spacial score (nSPS) is 30.3. The maximum Gasteiger partial charge on any atom is 0.194 e. The number of thioether (sulfide) groups is 1. The molecule has 1 aromatic heterocycles. The van der Waals surface area contributed by atoms with E-state index in [-0.39, 0.29) is 11.3 Å². The molecule has 228 valence electrons. The molecule has 2 saturated heterocycles. The molecular weight excluding hydrogens is 575 g/mol. The summed E-state index contributed by atoms with van der Waals surface area (Å²) in [5, 5.41) is 52.0. The zero-order valence-corrected chi connectivity index (χ0v) is 24.1. The second-order valence-corrected chi connectivity index (χ2v) is 12.8. The van der Waals surface area contributed by atoms with Crippen molar-refractivity contribution in [2.24, 2.45) is 0 Å². The number of nitrogens with zero attached hydrogens (tertiary/aromatic N) is 3. The van der Waals surface area contributed by atoms with Crippen molar-refractivity contribution in [3.8, 4) is 11.3 Å². The summed E-state index contributed by atoms with van der Waals surface area (Å²) in [5.74, 6) is -4.43. The van der Waals surface area contributed by atoms with Crippen LogP contribution in [0.15, 0.2) is 42.6 Å². The van der Waals surface area contributed by atoms with Gasteiger partial charge in [0.15, 0.2) is 17.5 Å². The van der Waals surface area contributed by atoms with Crippen LogP contribution in [0.3, 0.4) is 0 Å². The topological polar surface area (TPSA) is 130 Å². The van der Waals surface area contributed by atoms with Crippen LogP contribution in [-0.4, -0.2) is 83.6 Å². The second kappa shape index (κ2) is 11.9. The molecule has 2 fully saturated rings. The maximum atomic E-state index is 13.9. The van der Waals surface area contributed by atoms with Crippen molar-refractivity contribution in [1.82, 2.24) is 15.0 Å². The molecule has 5 rings (SSSR count). The first-order chi connectivity index (χ1) is 19.8. The van der Waals surface area contributed by atoms with E-state index < -0.39 is 70.3 Å². The quantitative estimate of drug-likeness (QED) is 0.298. The van der Waals surface area contributed by atoms with Crippen LogP contribution >= 0.6 is 11.8 Å². The van der Waals surface area contributed by atoms with Crippen molar-refractivity contribution in [1.29, 1.82) is 0 Å². The Morgan fingerprint density at radius 2 is 1.81 bits per heavy atom. The first-order valence-electron chi connectivity index (χ1n) is 13.6. The Labute approximate surface area is 245 Å². The first-order valence-corrected chi connectivity index (χ1v) is 14.5. The highest BCUT2D eigenvalue weighted by molar-refractivity contribution is 8.00. The number of rotatable bonds is 7. The van der Waals surface area contributed by atoms with E-state index in [0.29, 0.717) is 19.4 Å². The number of hydrogen-bond donors (Lipinski definition) is 4. The van der Waals surface area contributed by atoms with Gasteiger partial charge in [0.1, 0.15) is 35.5 Å². The predicted octanol–water partition coefficient (Wildman–Crippen LogP) is 3.45. The number of ether oxygens (including phenoxy) is 2. The number of benzene rings is 2. The van der Waals surface area contributed by atoms with E-state index in [0.717, 1.165) is 27.9 Å². The van der Waals surface area contributed by atoms with Crippen LogP contribution in [0.5, 0.6) is 0 Å². The minimum atomic E-state index is -1.62. The van der Waals surface area contributed by atoms with Crippen LogP contribution in [0, 0.1) is 24.4 Å². The third-order valence-corrected chi connectivity index (χ3v) is 9.56. The minimum absolute atomic E-state index is 0.0278. The van der Waals surface area contributed by atoms with Gasteiger partial charge in [0.25, 0.3) is 0 Å². The highest BCUT2D eigenvalue weighted by Crippen LogP contribution is 2.51. The van der Waals surface area contributed by atoms with Gasteiger partial charge in [0, 0.05) is 18.4 Å². The Morgan fingerprint density at radius 3 is 2.45 bits per heavy atom.